The Kier molecular flexibility index (Phi) is 6.46. The maximum Gasteiger partial charge on any atom is 0.341 e. The van der Waals surface area contributed by atoms with Crippen molar-refractivity contribution in [3.05, 3.63) is 51.9 Å². The van der Waals surface area contributed by atoms with Crippen molar-refractivity contribution in [3.63, 3.8) is 0 Å². The number of rotatable bonds is 7. The van der Waals surface area contributed by atoms with E-state index < -0.39 is 11.9 Å². The Hall–Kier alpha value is -2.67. The molecule has 3 rings (SSSR count). The molecule has 6 nitrogen and oxygen atoms in total. The lowest BCUT2D eigenvalue weighted by Gasteiger charge is -2.22. The molecule has 0 aliphatic heterocycles. The number of thiophene rings is 1. The number of esters is 1. The van der Waals surface area contributed by atoms with Gasteiger partial charge in [-0.1, -0.05) is 30.3 Å². The minimum absolute atomic E-state index is 0.0593. The molecule has 0 saturated heterocycles. The first-order valence-electron chi connectivity index (χ1n) is 9.27. The summed E-state index contributed by atoms with van der Waals surface area (Å²) < 4.78 is 4.94. The Morgan fingerprint density at radius 2 is 1.96 bits per heavy atom. The lowest BCUT2D eigenvalue weighted by atomic mass is 9.83. The Morgan fingerprint density at radius 3 is 2.64 bits per heavy atom. The van der Waals surface area contributed by atoms with Gasteiger partial charge < -0.3 is 20.0 Å². The first-order valence-corrected chi connectivity index (χ1v) is 10.1. The highest BCUT2D eigenvalue weighted by Crippen LogP contribution is 2.42. The molecule has 1 aliphatic carbocycles. The fourth-order valence-electron chi connectivity index (χ4n) is 3.58. The van der Waals surface area contributed by atoms with E-state index in [0.717, 1.165) is 29.7 Å². The van der Waals surface area contributed by atoms with Gasteiger partial charge in [0.15, 0.2) is 0 Å². The molecule has 28 heavy (non-hydrogen) atoms. The van der Waals surface area contributed by atoms with Crippen LogP contribution in [-0.2, 0) is 27.2 Å². The van der Waals surface area contributed by atoms with E-state index >= 15 is 0 Å². The van der Waals surface area contributed by atoms with Crippen molar-refractivity contribution >= 4 is 34.2 Å². The van der Waals surface area contributed by atoms with Gasteiger partial charge in [-0.2, -0.15) is 0 Å². The van der Waals surface area contributed by atoms with Crippen LogP contribution in [0.5, 0.6) is 0 Å². The maximum absolute atomic E-state index is 12.4. The quantitative estimate of drug-likeness (QED) is 0.721. The van der Waals surface area contributed by atoms with Crippen LogP contribution in [0.4, 0.5) is 5.00 Å². The van der Waals surface area contributed by atoms with Crippen molar-refractivity contribution in [2.75, 3.05) is 12.4 Å². The van der Waals surface area contributed by atoms with E-state index in [4.69, 9.17) is 4.74 Å². The maximum atomic E-state index is 12.4. The first kappa shape index (κ1) is 20.1. The van der Waals surface area contributed by atoms with Gasteiger partial charge >= 0.3 is 5.97 Å². The lowest BCUT2D eigenvalue weighted by molar-refractivity contribution is -0.305. The van der Waals surface area contributed by atoms with Crippen LogP contribution in [0.2, 0.25) is 0 Å². The van der Waals surface area contributed by atoms with Crippen molar-refractivity contribution in [1.29, 1.82) is 0 Å². The van der Waals surface area contributed by atoms with Crippen LogP contribution in [-0.4, -0.2) is 25.0 Å². The van der Waals surface area contributed by atoms with Crippen LogP contribution >= 0.6 is 11.3 Å². The number of anilines is 1. The van der Waals surface area contributed by atoms with Crippen molar-refractivity contribution in [2.24, 2.45) is 0 Å². The molecular weight excluding hydrogens is 378 g/mol. The normalized spacial score (nSPS) is 15.5. The summed E-state index contributed by atoms with van der Waals surface area (Å²) in [5.41, 5.74) is 2.66. The van der Waals surface area contributed by atoms with E-state index in [-0.39, 0.29) is 25.2 Å². The third-order valence-electron chi connectivity index (χ3n) is 4.96. The second-order valence-corrected chi connectivity index (χ2v) is 7.93. The largest absolute Gasteiger partial charge is 0.550 e. The number of nitrogens with one attached hydrogen (secondary N) is 1. The van der Waals surface area contributed by atoms with Gasteiger partial charge in [-0.15, -0.1) is 11.3 Å². The number of fused-ring (bicyclic) bond motifs is 1. The summed E-state index contributed by atoms with van der Waals surface area (Å²) in [6.45, 7) is 0. The summed E-state index contributed by atoms with van der Waals surface area (Å²) in [5, 5.41) is 13.8. The van der Waals surface area contributed by atoms with Gasteiger partial charge in [-0.25, -0.2) is 4.79 Å². The van der Waals surface area contributed by atoms with Crippen LogP contribution in [0.25, 0.3) is 0 Å². The van der Waals surface area contributed by atoms with Gasteiger partial charge in [-0.3, -0.25) is 4.79 Å². The van der Waals surface area contributed by atoms with Crippen LogP contribution in [0.15, 0.2) is 30.3 Å². The minimum atomic E-state index is -1.18. The number of carboxylic acid groups (broad SMARTS) is 1. The van der Waals surface area contributed by atoms with Crippen LogP contribution in [0.1, 0.15) is 58.0 Å². The van der Waals surface area contributed by atoms with Gasteiger partial charge in [0.2, 0.25) is 5.91 Å². The number of methoxy groups -OCH3 is 1. The van der Waals surface area contributed by atoms with Gasteiger partial charge in [0, 0.05) is 17.3 Å². The Balaban J connectivity index is 1.80. The Morgan fingerprint density at radius 1 is 1.21 bits per heavy atom. The second kappa shape index (κ2) is 9.01. The Labute approximate surface area is 167 Å². The van der Waals surface area contributed by atoms with Gasteiger partial charge in [0.1, 0.15) is 5.00 Å². The van der Waals surface area contributed by atoms with E-state index in [2.05, 4.69) is 17.4 Å². The van der Waals surface area contributed by atoms with E-state index in [9.17, 15) is 19.5 Å². The van der Waals surface area contributed by atoms with E-state index in [0.29, 0.717) is 16.5 Å². The van der Waals surface area contributed by atoms with Gasteiger partial charge in [0.05, 0.1) is 12.7 Å². The molecule has 1 atom stereocenters. The monoisotopic (exact) mass is 400 g/mol. The molecule has 0 spiro atoms. The number of carbonyl (C=O) groups is 3. The van der Waals surface area contributed by atoms with Crippen molar-refractivity contribution in [3.8, 4) is 0 Å². The summed E-state index contributed by atoms with van der Waals surface area (Å²) in [6, 6.07) is 10.3. The zero-order valence-electron chi connectivity index (χ0n) is 15.7. The zero-order valence-corrected chi connectivity index (χ0v) is 16.5. The van der Waals surface area contributed by atoms with Gasteiger partial charge in [-0.05, 0) is 49.1 Å². The number of hydrogen-bond acceptors (Lipinski definition) is 6. The van der Waals surface area contributed by atoms with Crippen LogP contribution in [0, 0.1) is 0 Å². The molecule has 1 heterocycles. The molecule has 1 aliphatic rings. The van der Waals surface area contributed by atoms with Gasteiger partial charge in [0.25, 0.3) is 0 Å². The average molecular weight is 400 g/mol. The fraction of sp³-hybridized carbons (Fsp3) is 0.381. The van der Waals surface area contributed by atoms with E-state index in [1.54, 1.807) is 0 Å². The predicted molar refractivity (Wildman–Crippen MR) is 104 cm³/mol. The zero-order chi connectivity index (χ0) is 20.1. The first-order chi connectivity index (χ1) is 13.5. The smallest absolute Gasteiger partial charge is 0.341 e. The molecule has 0 unspecified atom stereocenters. The highest BCUT2D eigenvalue weighted by Gasteiger charge is 2.30. The van der Waals surface area contributed by atoms with Crippen LogP contribution < -0.4 is 10.4 Å². The summed E-state index contributed by atoms with van der Waals surface area (Å²) in [6.07, 6.45) is 2.57. The highest BCUT2D eigenvalue weighted by atomic mass is 32.1. The molecule has 148 valence electrons. The average Bonchev–Trinajstić information content (AvgIpc) is 3.04. The van der Waals surface area contributed by atoms with E-state index in [1.807, 2.05) is 18.2 Å². The molecule has 1 aromatic heterocycles. The summed E-state index contributed by atoms with van der Waals surface area (Å²) >= 11 is 1.41. The number of amides is 1. The molecule has 0 radical (unpaired) electrons. The molecule has 0 bridgehead atoms. The summed E-state index contributed by atoms with van der Waals surface area (Å²) in [5.74, 6) is -1.57. The molecule has 1 aromatic carbocycles. The lowest BCUT2D eigenvalue weighted by Crippen LogP contribution is -2.22. The number of aliphatic carboxylic acids is 1. The van der Waals surface area contributed by atoms with E-state index in [1.165, 1.54) is 24.0 Å². The number of carboxylic acids is 1. The van der Waals surface area contributed by atoms with Crippen molar-refractivity contribution in [2.45, 2.75) is 44.4 Å². The minimum Gasteiger partial charge on any atom is -0.550 e. The number of hydrogen-bond donors (Lipinski definition) is 1. The number of ether oxygens (including phenoxy) is 1. The molecule has 0 fully saturated rings. The number of benzene rings is 1. The second-order valence-electron chi connectivity index (χ2n) is 6.82. The van der Waals surface area contributed by atoms with Crippen molar-refractivity contribution in [1.82, 2.24) is 0 Å². The molecule has 0 saturated carbocycles. The van der Waals surface area contributed by atoms with Crippen LogP contribution in [0.3, 0.4) is 0 Å². The standard InChI is InChI=1S/C21H23NO5S/c1-27-21(26)19-15-11-10-14(13-6-3-2-4-7-13)12-16(15)28-20(19)22-17(23)8-5-9-18(24)25/h2-4,6-7,14H,5,8-12H2,1H3,(H,22,23)(H,24,25)/p-1/t14-/m1/s1. The summed E-state index contributed by atoms with van der Waals surface area (Å²) in [7, 11) is 1.33. The molecule has 1 N–H and O–H groups in total. The molecular formula is C21H22NO5S-. The molecule has 7 heteroatoms. The summed E-state index contributed by atoms with van der Waals surface area (Å²) in [4.78, 5) is 36.1. The fourth-order valence-corrected chi connectivity index (χ4v) is 4.92. The SMILES string of the molecule is COC(=O)c1c(NC(=O)CCCC(=O)[O-])sc2c1CC[C@@H](c1ccccc1)C2. The Bertz CT molecular complexity index is 874. The highest BCUT2D eigenvalue weighted by molar-refractivity contribution is 7.17. The predicted octanol–water partition coefficient (Wildman–Crippen LogP) is 2.67. The number of carbonyl (C=O) groups excluding carboxylic acids is 3. The molecule has 2 aromatic rings. The third kappa shape index (κ3) is 4.59. The third-order valence-corrected chi connectivity index (χ3v) is 6.13. The molecule has 1 amide bonds. The van der Waals surface area contributed by atoms with Crippen molar-refractivity contribution < 1.29 is 24.2 Å². The topological polar surface area (TPSA) is 95.5 Å².